The predicted octanol–water partition coefficient (Wildman–Crippen LogP) is 7.26. The van der Waals surface area contributed by atoms with Crippen LogP contribution in [-0.4, -0.2) is 26.5 Å². The minimum absolute atomic E-state index is 0.103. The van der Waals surface area contributed by atoms with Crippen LogP contribution >= 0.6 is 0 Å². The van der Waals surface area contributed by atoms with Crippen molar-refractivity contribution in [3.05, 3.63) is 95.2 Å². The van der Waals surface area contributed by atoms with Crippen molar-refractivity contribution < 1.29 is 14.6 Å². The van der Waals surface area contributed by atoms with Crippen LogP contribution in [0.5, 0.6) is 11.6 Å². The van der Waals surface area contributed by atoms with Gasteiger partial charge < -0.3 is 14.6 Å². The highest BCUT2D eigenvalue weighted by molar-refractivity contribution is 5.70. The molecule has 2 aromatic heterocycles. The van der Waals surface area contributed by atoms with E-state index >= 15 is 0 Å². The number of nitrogens with zero attached hydrogens (tertiary/aromatic N) is 3. The summed E-state index contributed by atoms with van der Waals surface area (Å²) in [6.45, 7) is 12.9. The van der Waals surface area contributed by atoms with E-state index < -0.39 is 0 Å². The quantitative estimate of drug-likeness (QED) is 0.221. The highest BCUT2D eigenvalue weighted by atomic mass is 16.5. The van der Waals surface area contributed by atoms with Crippen molar-refractivity contribution >= 4 is 5.76 Å². The van der Waals surface area contributed by atoms with Gasteiger partial charge in [-0.3, -0.25) is 0 Å². The third-order valence-corrected chi connectivity index (χ3v) is 6.31. The fraction of sp³-hybridized carbons (Fsp3) is 0.290. The molecule has 4 aromatic rings. The van der Waals surface area contributed by atoms with Crippen LogP contribution in [0.15, 0.2) is 67.4 Å². The van der Waals surface area contributed by atoms with Crippen LogP contribution in [0.25, 0.3) is 22.8 Å². The summed E-state index contributed by atoms with van der Waals surface area (Å²) in [7, 11) is 0. The van der Waals surface area contributed by atoms with Crippen molar-refractivity contribution in [3.63, 3.8) is 0 Å². The Labute approximate surface area is 219 Å². The average molecular weight is 498 g/mol. The molecule has 1 N–H and O–H groups in total. The molecule has 0 fully saturated rings. The fourth-order valence-electron chi connectivity index (χ4n) is 4.48. The molecule has 0 unspecified atom stereocenters. The third-order valence-electron chi connectivity index (χ3n) is 6.31. The number of aliphatic hydroxyl groups excluding tert-OH is 1. The number of aliphatic hydroxyl groups is 1. The van der Waals surface area contributed by atoms with Crippen LogP contribution in [-0.2, 0) is 19.4 Å². The number of aromatic nitrogens is 3. The molecule has 0 aliphatic carbocycles. The smallest absolute Gasteiger partial charge is 0.229 e. The summed E-state index contributed by atoms with van der Waals surface area (Å²) in [4.78, 5) is 4.88. The van der Waals surface area contributed by atoms with E-state index in [0.29, 0.717) is 30.5 Å². The maximum atomic E-state index is 9.96. The molecule has 0 aliphatic rings. The van der Waals surface area contributed by atoms with Crippen LogP contribution in [0.3, 0.4) is 0 Å². The van der Waals surface area contributed by atoms with Crippen molar-refractivity contribution in [2.75, 3.05) is 6.61 Å². The number of hydrogen-bond acceptors (Lipinski definition) is 5. The second-order valence-corrected chi connectivity index (χ2v) is 8.98. The van der Waals surface area contributed by atoms with Gasteiger partial charge >= 0.3 is 0 Å². The molecule has 0 amide bonds. The summed E-state index contributed by atoms with van der Waals surface area (Å²) >= 11 is 0. The summed E-state index contributed by atoms with van der Waals surface area (Å²) in [5, 5.41) is 14.3. The molecule has 0 atom stereocenters. The number of ether oxygens (including phenoxy) is 2. The van der Waals surface area contributed by atoms with Gasteiger partial charge in [-0.25, -0.2) is 4.98 Å². The Balaban J connectivity index is 1.67. The number of hydrogen-bond donors (Lipinski definition) is 1. The first-order chi connectivity index (χ1) is 18.0. The molecule has 0 saturated heterocycles. The van der Waals surface area contributed by atoms with Gasteiger partial charge in [0.1, 0.15) is 18.1 Å². The van der Waals surface area contributed by atoms with E-state index in [0.717, 1.165) is 47.4 Å². The molecular formula is C31H35N3O3. The number of rotatable bonds is 11. The molecule has 4 rings (SSSR count). The van der Waals surface area contributed by atoms with Crippen LogP contribution in [0.4, 0.5) is 0 Å². The SMILES string of the molecule is C=C(O)c1cnn(-c2cccc(-c3cccc(C)c3OCc3ccc(CC)c(CCC)c3)n2)c1OCC. The van der Waals surface area contributed by atoms with Crippen LogP contribution in [0.2, 0.25) is 0 Å². The summed E-state index contributed by atoms with van der Waals surface area (Å²) in [5.74, 6) is 1.67. The van der Waals surface area contributed by atoms with Crippen molar-refractivity contribution in [1.82, 2.24) is 14.8 Å². The predicted molar refractivity (Wildman–Crippen MR) is 149 cm³/mol. The number of benzene rings is 2. The molecule has 0 aliphatic heterocycles. The lowest BCUT2D eigenvalue weighted by Gasteiger charge is -2.16. The Hall–Kier alpha value is -4.06. The van der Waals surface area contributed by atoms with Crippen molar-refractivity contribution in [1.29, 1.82) is 0 Å². The standard InChI is InChI=1S/C31H35N3O3/c1-6-11-25-18-23(16-17-24(25)7-2)20-37-30-21(4)12-9-13-26(30)28-14-10-15-29(33-28)34-31(36-8-3)27(19-32-34)22(5)35/h9-10,12-19,35H,5-8,11,20H2,1-4H3. The van der Waals surface area contributed by atoms with Gasteiger partial charge in [-0.05, 0) is 67.1 Å². The van der Waals surface area contributed by atoms with Crippen molar-refractivity contribution in [3.8, 4) is 28.7 Å². The molecule has 37 heavy (non-hydrogen) atoms. The van der Waals surface area contributed by atoms with Gasteiger partial charge in [-0.15, -0.1) is 0 Å². The van der Waals surface area contributed by atoms with Crippen LogP contribution in [0.1, 0.15) is 55.0 Å². The summed E-state index contributed by atoms with van der Waals surface area (Å²) in [6.07, 6.45) is 4.76. The van der Waals surface area contributed by atoms with Gasteiger partial charge in [-0.1, -0.05) is 63.2 Å². The highest BCUT2D eigenvalue weighted by Gasteiger charge is 2.18. The summed E-state index contributed by atoms with van der Waals surface area (Å²) < 4.78 is 13.8. The molecule has 0 saturated carbocycles. The van der Waals surface area contributed by atoms with Gasteiger partial charge in [0.2, 0.25) is 5.88 Å². The Morgan fingerprint density at radius 1 is 1.00 bits per heavy atom. The van der Waals surface area contributed by atoms with Gasteiger partial charge in [0.25, 0.3) is 0 Å². The molecule has 0 radical (unpaired) electrons. The normalized spacial score (nSPS) is 10.9. The van der Waals surface area contributed by atoms with E-state index in [2.05, 4.69) is 43.7 Å². The van der Waals surface area contributed by atoms with Gasteiger partial charge in [-0.2, -0.15) is 9.78 Å². The molecule has 0 spiro atoms. The summed E-state index contributed by atoms with van der Waals surface area (Å²) in [5.41, 5.74) is 7.10. The van der Waals surface area contributed by atoms with E-state index in [4.69, 9.17) is 14.5 Å². The van der Waals surface area contributed by atoms with Gasteiger partial charge in [0, 0.05) is 5.56 Å². The lowest BCUT2D eigenvalue weighted by molar-refractivity contribution is 0.305. The molecule has 6 nitrogen and oxygen atoms in total. The maximum absolute atomic E-state index is 9.96. The first-order valence-electron chi connectivity index (χ1n) is 12.9. The highest BCUT2D eigenvalue weighted by Crippen LogP contribution is 2.34. The zero-order valence-electron chi connectivity index (χ0n) is 22.1. The largest absolute Gasteiger partial charge is 0.508 e. The Morgan fingerprint density at radius 2 is 1.81 bits per heavy atom. The summed E-state index contributed by atoms with van der Waals surface area (Å²) in [6, 6.07) is 18.5. The second kappa shape index (κ2) is 11.8. The lowest BCUT2D eigenvalue weighted by Crippen LogP contribution is -2.06. The maximum Gasteiger partial charge on any atom is 0.229 e. The number of para-hydroxylation sites is 1. The number of pyridine rings is 1. The van der Waals surface area contributed by atoms with E-state index in [1.54, 1.807) is 4.68 Å². The molecule has 6 heteroatoms. The second-order valence-electron chi connectivity index (χ2n) is 8.98. The topological polar surface area (TPSA) is 69.4 Å². The Morgan fingerprint density at radius 3 is 2.54 bits per heavy atom. The average Bonchev–Trinajstić information content (AvgIpc) is 3.32. The molecule has 0 bridgehead atoms. The zero-order valence-corrected chi connectivity index (χ0v) is 22.1. The zero-order chi connectivity index (χ0) is 26.4. The fourth-order valence-corrected chi connectivity index (χ4v) is 4.48. The van der Waals surface area contributed by atoms with Crippen LogP contribution in [0, 0.1) is 6.92 Å². The first kappa shape index (κ1) is 26.0. The monoisotopic (exact) mass is 497 g/mol. The van der Waals surface area contributed by atoms with E-state index in [1.165, 1.54) is 17.3 Å². The minimum atomic E-state index is -0.103. The van der Waals surface area contributed by atoms with Gasteiger partial charge in [0.15, 0.2) is 5.82 Å². The molecule has 2 aromatic carbocycles. The van der Waals surface area contributed by atoms with E-state index in [1.807, 2.05) is 50.2 Å². The molecule has 192 valence electrons. The molecule has 2 heterocycles. The first-order valence-corrected chi connectivity index (χ1v) is 12.9. The van der Waals surface area contributed by atoms with Gasteiger partial charge in [0.05, 0.1) is 24.1 Å². The third kappa shape index (κ3) is 5.69. The lowest BCUT2D eigenvalue weighted by atomic mass is 9.99. The molecular weight excluding hydrogens is 462 g/mol. The van der Waals surface area contributed by atoms with E-state index in [9.17, 15) is 5.11 Å². The van der Waals surface area contributed by atoms with E-state index in [-0.39, 0.29) is 5.76 Å². The van der Waals surface area contributed by atoms with Crippen molar-refractivity contribution in [2.24, 2.45) is 0 Å². The van der Waals surface area contributed by atoms with Crippen molar-refractivity contribution in [2.45, 2.75) is 53.6 Å². The Kier molecular flexibility index (Phi) is 8.29. The van der Waals surface area contributed by atoms with Crippen LogP contribution < -0.4 is 9.47 Å². The number of aryl methyl sites for hydroxylation is 3. The Bertz CT molecular complexity index is 1390. The minimum Gasteiger partial charge on any atom is -0.508 e.